The van der Waals surface area contributed by atoms with Crippen LogP contribution in [-0.4, -0.2) is 31.0 Å². The first-order valence-electron chi connectivity index (χ1n) is 8.68. The second-order valence-electron chi connectivity index (χ2n) is 6.69. The van der Waals surface area contributed by atoms with Gasteiger partial charge in [0.25, 0.3) is 0 Å². The van der Waals surface area contributed by atoms with Crippen molar-refractivity contribution in [3.63, 3.8) is 0 Å². The van der Waals surface area contributed by atoms with E-state index in [0.717, 1.165) is 16.5 Å². The number of carboxylic acids is 1. The summed E-state index contributed by atoms with van der Waals surface area (Å²) in [5, 5.41) is 14.2. The second kappa shape index (κ2) is 5.98. The van der Waals surface area contributed by atoms with Crippen LogP contribution in [0.25, 0.3) is 21.8 Å². The number of carboxylic acid groups (broad SMARTS) is 1. The van der Waals surface area contributed by atoms with Gasteiger partial charge in [0.05, 0.1) is 23.0 Å². The SMILES string of the molecule is O=C(O)c1ccc2c(c1)nc(Nc1cncc(C3CC3)c1)c1ncncc12. The molecule has 5 rings (SSSR count). The third-order valence-electron chi connectivity index (χ3n) is 4.77. The predicted octanol–water partition coefficient (Wildman–Crippen LogP) is 3.89. The Morgan fingerprint density at radius 2 is 1.96 bits per heavy atom. The van der Waals surface area contributed by atoms with E-state index in [1.165, 1.54) is 24.7 Å². The molecule has 4 aromatic rings. The lowest BCUT2D eigenvalue weighted by molar-refractivity contribution is 0.0697. The summed E-state index contributed by atoms with van der Waals surface area (Å²) in [4.78, 5) is 28.8. The summed E-state index contributed by atoms with van der Waals surface area (Å²) < 4.78 is 0. The minimum Gasteiger partial charge on any atom is -0.478 e. The van der Waals surface area contributed by atoms with Gasteiger partial charge >= 0.3 is 5.97 Å². The van der Waals surface area contributed by atoms with Crippen molar-refractivity contribution in [1.29, 1.82) is 0 Å². The first-order valence-corrected chi connectivity index (χ1v) is 8.68. The normalized spacial score (nSPS) is 13.8. The van der Waals surface area contributed by atoms with E-state index in [4.69, 9.17) is 0 Å². The minimum absolute atomic E-state index is 0.189. The molecule has 2 N–H and O–H groups in total. The number of nitrogens with one attached hydrogen (secondary N) is 1. The standard InChI is InChI=1S/C20H15N5O2/c26-20(27)12-3-4-15-16-9-22-10-23-18(16)19(25-17(15)6-12)24-14-5-13(7-21-8-14)11-1-2-11/h3-11H,1-2H2,(H,24,25)(H,26,27). The van der Waals surface area contributed by atoms with E-state index < -0.39 is 5.97 Å². The lowest BCUT2D eigenvalue weighted by Gasteiger charge is -2.11. The molecular weight excluding hydrogens is 342 g/mol. The van der Waals surface area contributed by atoms with Gasteiger partial charge in [-0.1, -0.05) is 6.07 Å². The minimum atomic E-state index is -0.987. The monoisotopic (exact) mass is 357 g/mol. The van der Waals surface area contributed by atoms with E-state index in [0.29, 0.717) is 22.8 Å². The molecule has 7 nitrogen and oxygen atoms in total. The molecule has 1 aliphatic rings. The summed E-state index contributed by atoms with van der Waals surface area (Å²) in [7, 11) is 0. The van der Waals surface area contributed by atoms with Crippen molar-refractivity contribution in [2.24, 2.45) is 0 Å². The van der Waals surface area contributed by atoms with Crippen molar-refractivity contribution in [3.05, 3.63) is 60.3 Å². The van der Waals surface area contributed by atoms with Crippen LogP contribution >= 0.6 is 0 Å². The number of pyridine rings is 2. The Bertz CT molecular complexity index is 1200. The van der Waals surface area contributed by atoms with Crippen molar-refractivity contribution in [1.82, 2.24) is 19.9 Å². The molecule has 0 unspecified atom stereocenters. The summed E-state index contributed by atoms with van der Waals surface area (Å²) >= 11 is 0. The van der Waals surface area contributed by atoms with Crippen LogP contribution in [0.2, 0.25) is 0 Å². The molecule has 0 aliphatic heterocycles. The molecule has 3 aromatic heterocycles. The number of nitrogens with zero attached hydrogens (tertiary/aromatic N) is 4. The van der Waals surface area contributed by atoms with Gasteiger partial charge in [0.1, 0.15) is 11.8 Å². The van der Waals surface area contributed by atoms with Crippen LogP contribution < -0.4 is 5.32 Å². The predicted molar refractivity (Wildman–Crippen MR) is 101 cm³/mol. The molecule has 27 heavy (non-hydrogen) atoms. The zero-order chi connectivity index (χ0) is 18.4. The van der Waals surface area contributed by atoms with Crippen LogP contribution in [0, 0.1) is 0 Å². The van der Waals surface area contributed by atoms with Gasteiger partial charge in [-0.05, 0) is 42.5 Å². The first kappa shape index (κ1) is 15.6. The van der Waals surface area contributed by atoms with Crippen LogP contribution in [-0.2, 0) is 0 Å². The highest BCUT2D eigenvalue weighted by atomic mass is 16.4. The van der Waals surface area contributed by atoms with Gasteiger partial charge < -0.3 is 10.4 Å². The Hall–Kier alpha value is -3.61. The molecule has 0 atom stereocenters. The van der Waals surface area contributed by atoms with Gasteiger partial charge in [-0.25, -0.2) is 19.7 Å². The van der Waals surface area contributed by atoms with Crippen molar-refractivity contribution >= 4 is 39.3 Å². The number of fused-ring (bicyclic) bond motifs is 3. The molecule has 1 saturated carbocycles. The van der Waals surface area contributed by atoms with E-state index in [1.54, 1.807) is 30.6 Å². The third-order valence-corrected chi connectivity index (χ3v) is 4.77. The Kier molecular flexibility index (Phi) is 3.46. The zero-order valence-corrected chi connectivity index (χ0v) is 14.3. The fourth-order valence-electron chi connectivity index (χ4n) is 3.26. The third kappa shape index (κ3) is 2.83. The topological polar surface area (TPSA) is 101 Å². The number of hydrogen-bond acceptors (Lipinski definition) is 6. The van der Waals surface area contributed by atoms with Crippen molar-refractivity contribution in [3.8, 4) is 0 Å². The van der Waals surface area contributed by atoms with Gasteiger partial charge in [0.15, 0.2) is 5.82 Å². The number of hydrogen-bond donors (Lipinski definition) is 2. The largest absolute Gasteiger partial charge is 0.478 e. The lowest BCUT2D eigenvalue weighted by Crippen LogP contribution is -2.01. The summed E-state index contributed by atoms with van der Waals surface area (Å²) in [5.41, 5.74) is 3.49. The summed E-state index contributed by atoms with van der Waals surface area (Å²) in [6, 6.07) is 6.96. The maximum absolute atomic E-state index is 11.3. The van der Waals surface area contributed by atoms with Crippen LogP contribution in [0.4, 0.5) is 11.5 Å². The molecule has 1 aromatic carbocycles. The Morgan fingerprint density at radius 1 is 1.07 bits per heavy atom. The fourth-order valence-corrected chi connectivity index (χ4v) is 3.26. The highest BCUT2D eigenvalue weighted by Crippen LogP contribution is 2.40. The molecule has 0 amide bonds. The average molecular weight is 357 g/mol. The molecule has 0 bridgehead atoms. The first-order chi connectivity index (χ1) is 13.2. The van der Waals surface area contributed by atoms with Crippen LogP contribution in [0.15, 0.2) is 49.2 Å². The lowest BCUT2D eigenvalue weighted by atomic mass is 10.1. The van der Waals surface area contributed by atoms with Crippen LogP contribution in [0.5, 0.6) is 0 Å². The molecule has 7 heteroatoms. The fraction of sp³-hybridized carbons (Fsp3) is 0.150. The van der Waals surface area contributed by atoms with Gasteiger partial charge in [-0.3, -0.25) is 4.98 Å². The zero-order valence-electron chi connectivity index (χ0n) is 14.3. The number of benzene rings is 1. The quantitative estimate of drug-likeness (QED) is 0.534. The summed E-state index contributed by atoms with van der Waals surface area (Å²) in [5.74, 6) is 0.164. The van der Waals surface area contributed by atoms with E-state index in [1.807, 2.05) is 6.20 Å². The Balaban J connectivity index is 1.67. The molecule has 0 radical (unpaired) electrons. The number of aromatic nitrogens is 4. The van der Waals surface area contributed by atoms with Crippen molar-refractivity contribution in [2.45, 2.75) is 18.8 Å². The van der Waals surface area contributed by atoms with Gasteiger partial charge in [-0.2, -0.15) is 0 Å². The molecule has 0 saturated heterocycles. The smallest absolute Gasteiger partial charge is 0.335 e. The van der Waals surface area contributed by atoms with E-state index in [9.17, 15) is 9.90 Å². The number of anilines is 2. The molecular formula is C20H15N5O2. The van der Waals surface area contributed by atoms with Crippen LogP contribution in [0.3, 0.4) is 0 Å². The van der Waals surface area contributed by atoms with Crippen molar-refractivity contribution in [2.75, 3.05) is 5.32 Å². The highest BCUT2D eigenvalue weighted by molar-refractivity contribution is 6.09. The van der Waals surface area contributed by atoms with Crippen LogP contribution in [0.1, 0.15) is 34.7 Å². The van der Waals surface area contributed by atoms with Gasteiger partial charge in [-0.15, -0.1) is 0 Å². The van der Waals surface area contributed by atoms with Crippen molar-refractivity contribution < 1.29 is 9.90 Å². The maximum atomic E-state index is 11.3. The summed E-state index contributed by atoms with van der Waals surface area (Å²) in [6.45, 7) is 0. The molecule has 132 valence electrons. The highest BCUT2D eigenvalue weighted by Gasteiger charge is 2.24. The maximum Gasteiger partial charge on any atom is 0.335 e. The Morgan fingerprint density at radius 3 is 2.78 bits per heavy atom. The molecule has 0 spiro atoms. The van der Waals surface area contributed by atoms with E-state index >= 15 is 0 Å². The van der Waals surface area contributed by atoms with Gasteiger partial charge in [0.2, 0.25) is 0 Å². The Labute approximate surface area is 154 Å². The molecule has 3 heterocycles. The van der Waals surface area contributed by atoms with E-state index in [-0.39, 0.29) is 5.56 Å². The number of carbonyl (C=O) groups is 1. The molecule has 1 fully saturated rings. The average Bonchev–Trinajstić information content (AvgIpc) is 3.53. The molecule has 1 aliphatic carbocycles. The second-order valence-corrected chi connectivity index (χ2v) is 6.69. The number of rotatable bonds is 4. The van der Waals surface area contributed by atoms with Gasteiger partial charge in [0, 0.05) is 23.2 Å². The summed E-state index contributed by atoms with van der Waals surface area (Å²) in [6.07, 6.45) is 9.25. The number of aromatic carboxylic acids is 1. The van der Waals surface area contributed by atoms with E-state index in [2.05, 4.69) is 31.3 Å².